The largest absolute Gasteiger partial charge is 0.446 e. The summed E-state index contributed by atoms with van der Waals surface area (Å²) in [6.07, 6.45) is 4.23. The lowest BCUT2D eigenvalue weighted by Gasteiger charge is -2.15. The standard InChI is InChI=1S/C20H20F3N5S/c1-3-13(2)25-19-27-17(14-7-9-24-10-8-14)12-18(28-19)26-15-5-4-6-16(11-15)29-20(21,22)23/h4-13H,3H2,1-2H3,(H2,25,26,27,28)/t13-/m1/s1. The second-order valence-electron chi connectivity index (χ2n) is 6.35. The third-order valence-corrected chi connectivity index (χ3v) is 4.75. The van der Waals surface area contributed by atoms with E-state index in [2.05, 4.69) is 25.6 Å². The van der Waals surface area contributed by atoms with E-state index in [0.717, 1.165) is 12.0 Å². The van der Waals surface area contributed by atoms with Crippen molar-refractivity contribution in [3.63, 3.8) is 0 Å². The first-order valence-corrected chi connectivity index (χ1v) is 9.83. The van der Waals surface area contributed by atoms with E-state index in [9.17, 15) is 13.2 Å². The van der Waals surface area contributed by atoms with Gasteiger partial charge in [-0.3, -0.25) is 4.98 Å². The second-order valence-corrected chi connectivity index (χ2v) is 7.49. The maximum Gasteiger partial charge on any atom is 0.446 e. The molecule has 5 nitrogen and oxygen atoms in total. The summed E-state index contributed by atoms with van der Waals surface area (Å²) in [4.78, 5) is 13.1. The molecule has 9 heteroatoms. The minimum atomic E-state index is -4.34. The Morgan fingerprint density at radius 2 is 1.83 bits per heavy atom. The predicted octanol–water partition coefficient (Wildman–Crippen LogP) is 6.10. The predicted molar refractivity (Wildman–Crippen MR) is 110 cm³/mol. The van der Waals surface area contributed by atoms with Crippen molar-refractivity contribution in [1.82, 2.24) is 15.0 Å². The number of thioether (sulfide) groups is 1. The summed E-state index contributed by atoms with van der Waals surface area (Å²) in [5.41, 5.74) is -2.29. The van der Waals surface area contributed by atoms with E-state index in [4.69, 9.17) is 0 Å². The first-order chi connectivity index (χ1) is 13.8. The van der Waals surface area contributed by atoms with Crippen LogP contribution in [0.25, 0.3) is 11.3 Å². The van der Waals surface area contributed by atoms with Crippen LogP contribution in [0.15, 0.2) is 59.8 Å². The summed E-state index contributed by atoms with van der Waals surface area (Å²) >= 11 is -0.152. The van der Waals surface area contributed by atoms with Crippen molar-refractivity contribution in [2.24, 2.45) is 0 Å². The number of nitrogens with zero attached hydrogens (tertiary/aromatic N) is 3. The first-order valence-electron chi connectivity index (χ1n) is 9.01. The minimum Gasteiger partial charge on any atom is -0.352 e. The average Bonchev–Trinajstić information content (AvgIpc) is 2.67. The summed E-state index contributed by atoms with van der Waals surface area (Å²) in [5, 5.41) is 6.32. The van der Waals surface area contributed by atoms with Crippen LogP contribution in [0.4, 0.5) is 30.6 Å². The highest BCUT2D eigenvalue weighted by atomic mass is 32.2. The molecule has 3 rings (SSSR count). The quantitative estimate of drug-likeness (QED) is 0.451. The van der Waals surface area contributed by atoms with Gasteiger partial charge in [0.2, 0.25) is 5.95 Å². The average molecular weight is 419 g/mol. The zero-order valence-electron chi connectivity index (χ0n) is 15.9. The van der Waals surface area contributed by atoms with Gasteiger partial charge in [0.15, 0.2) is 0 Å². The highest BCUT2D eigenvalue weighted by Crippen LogP contribution is 2.37. The molecule has 2 N–H and O–H groups in total. The molecular formula is C20H20F3N5S. The van der Waals surface area contributed by atoms with Gasteiger partial charge >= 0.3 is 5.51 Å². The summed E-state index contributed by atoms with van der Waals surface area (Å²) < 4.78 is 38.0. The maximum atomic E-state index is 12.7. The van der Waals surface area contributed by atoms with Crippen LogP contribution in [0.1, 0.15) is 20.3 Å². The maximum absolute atomic E-state index is 12.7. The zero-order chi connectivity index (χ0) is 20.9. The lowest BCUT2D eigenvalue weighted by molar-refractivity contribution is -0.0328. The van der Waals surface area contributed by atoms with Gasteiger partial charge in [0.1, 0.15) is 5.82 Å². The molecule has 0 amide bonds. The highest BCUT2D eigenvalue weighted by molar-refractivity contribution is 8.00. The van der Waals surface area contributed by atoms with E-state index in [0.29, 0.717) is 23.1 Å². The molecule has 0 saturated heterocycles. The van der Waals surface area contributed by atoms with Crippen LogP contribution >= 0.6 is 11.8 Å². The van der Waals surface area contributed by atoms with Gasteiger partial charge in [0.25, 0.3) is 0 Å². The van der Waals surface area contributed by atoms with Crippen LogP contribution in [-0.2, 0) is 0 Å². The number of pyridine rings is 1. The molecular weight excluding hydrogens is 399 g/mol. The van der Waals surface area contributed by atoms with Crippen LogP contribution in [0, 0.1) is 0 Å². The Bertz CT molecular complexity index is 950. The van der Waals surface area contributed by atoms with E-state index in [-0.39, 0.29) is 22.7 Å². The van der Waals surface area contributed by atoms with E-state index in [1.54, 1.807) is 30.6 Å². The van der Waals surface area contributed by atoms with Gasteiger partial charge in [-0.2, -0.15) is 18.2 Å². The van der Waals surface area contributed by atoms with Crippen LogP contribution in [0.2, 0.25) is 0 Å². The number of hydrogen-bond acceptors (Lipinski definition) is 6. The molecule has 0 aliphatic rings. The molecule has 0 unspecified atom stereocenters. The Morgan fingerprint density at radius 1 is 1.07 bits per heavy atom. The van der Waals surface area contributed by atoms with Gasteiger partial charge in [-0.15, -0.1) is 0 Å². The smallest absolute Gasteiger partial charge is 0.352 e. The number of nitrogens with one attached hydrogen (secondary N) is 2. The van der Waals surface area contributed by atoms with Crippen molar-refractivity contribution in [2.75, 3.05) is 10.6 Å². The summed E-state index contributed by atoms with van der Waals surface area (Å²) in [5.74, 6) is 0.920. The molecule has 0 fully saturated rings. The lowest BCUT2D eigenvalue weighted by Crippen LogP contribution is -2.16. The molecule has 152 valence electrons. The molecule has 0 bridgehead atoms. The number of anilines is 3. The SMILES string of the molecule is CC[C@@H](C)Nc1nc(Nc2cccc(SC(F)(F)F)c2)cc(-c2ccncc2)n1. The first kappa shape index (κ1) is 20.9. The summed E-state index contributed by atoms with van der Waals surface area (Å²) in [7, 11) is 0. The van der Waals surface area contributed by atoms with Crippen molar-refractivity contribution in [3.05, 3.63) is 54.9 Å². The molecule has 0 radical (unpaired) electrons. The lowest BCUT2D eigenvalue weighted by atomic mass is 10.2. The Hall–Kier alpha value is -2.81. The van der Waals surface area contributed by atoms with Gasteiger partial charge in [-0.25, -0.2) is 4.98 Å². The fourth-order valence-corrected chi connectivity index (χ4v) is 3.09. The number of alkyl halides is 3. The normalized spacial score (nSPS) is 12.4. The van der Waals surface area contributed by atoms with Gasteiger partial charge < -0.3 is 10.6 Å². The van der Waals surface area contributed by atoms with E-state index in [1.165, 1.54) is 12.1 Å². The minimum absolute atomic E-state index is 0.101. The zero-order valence-corrected chi connectivity index (χ0v) is 16.7. The van der Waals surface area contributed by atoms with Gasteiger partial charge in [0, 0.05) is 40.6 Å². The van der Waals surface area contributed by atoms with Crippen molar-refractivity contribution in [3.8, 4) is 11.3 Å². The molecule has 0 aliphatic heterocycles. The van der Waals surface area contributed by atoms with Crippen molar-refractivity contribution >= 4 is 29.2 Å². The summed E-state index contributed by atoms with van der Waals surface area (Å²) in [6.45, 7) is 4.07. The third kappa shape index (κ3) is 6.35. The molecule has 2 aromatic heterocycles. The number of hydrogen-bond donors (Lipinski definition) is 2. The molecule has 1 atom stereocenters. The van der Waals surface area contributed by atoms with E-state index < -0.39 is 5.51 Å². The van der Waals surface area contributed by atoms with Crippen LogP contribution < -0.4 is 10.6 Å². The molecule has 3 aromatic rings. The number of halogens is 3. The van der Waals surface area contributed by atoms with Crippen LogP contribution in [0.3, 0.4) is 0 Å². The second kappa shape index (κ2) is 9.13. The molecule has 0 spiro atoms. The molecule has 29 heavy (non-hydrogen) atoms. The third-order valence-electron chi connectivity index (χ3n) is 4.03. The van der Waals surface area contributed by atoms with Gasteiger partial charge in [0.05, 0.1) is 5.69 Å². The monoisotopic (exact) mass is 419 g/mol. The van der Waals surface area contributed by atoms with Gasteiger partial charge in [-0.1, -0.05) is 13.0 Å². The fraction of sp³-hybridized carbons (Fsp3) is 0.250. The number of rotatable bonds is 7. The topological polar surface area (TPSA) is 62.7 Å². The molecule has 0 saturated carbocycles. The Morgan fingerprint density at radius 3 is 2.52 bits per heavy atom. The fourth-order valence-electron chi connectivity index (χ4n) is 2.49. The van der Waals surface area contributed by atoms with E-state index >= 15 is 0 Å². The van der Waals surface area contributed by atoms with Crippen molar-refractivity contribution < 1.29 is 13.2 Å². The number of benzene rings is 1. The van der Waals surface area contributed by atoms with Crippen LogP contribution in [0.5, 0.6) is 0 Å². The van der Waals surface area contributed by atoms with Crippen molar-refractivity contribution in [2.45, 2.75) is 36.7 Å². The Balaban J connectivity index is 1.92. The summed E-state index contributed by atoms with van der Waals surface area (Å²) in [6, 6.07) is 11.7. The Labute approximate surface area is 171 Å². The highest BCUT2D eigenvalue weighted by Gasteiger charge is 2.29. The van der Waals surface area contributed by atoms with Gasteiger partial charge in [-0.05, 0) is 55.4 Å². The Kier molecular flexibility index (Phi) is 6.58. The van der Waals surface area contributed by atoms with Crippen LogP contribution in [-0.4, -0.2) is 26.5 Å². The van der Waals surface area contributed by atoms with E-state index in [1.807, 2.05) is 26.0 Å². The van der Waals surface area contributed by atoms with Crippen molar-refractivity contribution in [1.29, 1.82) is 0 Å². The molecule has 1 aromatic carbocycles. The molecule has 2 heterocycles. The molecule has 0 aliphatic carbocycles. The number of aromatic nitrogens is 3.